The molecule has 1 aliphatic rings. The molecule has 0 saturated heterocycles. The predicted octanol–water partition coefficient (Wildman–Crippen LogP) is 2.45. The second-order valence-corrected chi connectivity index (χ2v) is 5.72. The fourth-order valence-corrected chi connectivity index (χ4v) is 2.73. The quantitative estimate of drug-likeness (QED) is 0.748. The normalized spacial score (nSPS) is 18.2. The van der Waals surface area contributed by atoms with Gasteiger partial charge in [-0.05, 0) is 44.0 Å². The van der Waals surface area contributed by atoms with E-state index in [0.29, 0.717) is 5.82 Å². The molecule has 0 radical (unpaired) electrons. The van der Waals surface area contributed by atoms with Crippen molar-refractivity contribution in [1.29, 1.82) is 0 Å². The molecule has 0 fully saturated rings. The Labute approximate surface area is 137 Å². The zero-order valence-corrected chi connectivity index (χ0v) is 13.1. The molecular formula is C17H17N3O4. The van der Waals surface area contributed by atoms with Crippen LogP contribution in [0.1, 0.15) is 42.0 Å². The van der Waals surface area contributed by atoms with E-state index in [9.17, 15) is 14.7 Å². The van der Waals surface area contributed by atoms with Gasteiger partial charge in [-0.15, -0.1) is 0 Å². The lowest BCUT2D eigenvalue weighted by Gasteiger charge is -2.26. The van der Waals surface area contributed by atoms with Crippen LogP contribution in [0.15, 0.2) is 41.5 Å². The van der Waals surface area contributed by atoms with Gasteiger partial charge in [0.15, 0.2) is 0 Å². The van der Waals surface area contributed by atoms with E-state index in [2.05, 4.69) is 10.3 Å². The van der Waals surface area contributed by atoms with E-state index < -0.39 is 11.5 Å². The fourth-order valence-electron chi connectivity index (χ4n) is 2.73. The highest BCUT2D eigenvalue weighted by atomic mass is 16.4. The Bertz CT molecular complexity index is 868. The molecule has 0 amide bonds. The van der Waals surface area contributed by atoms with Crippen LogP contribution in [-0.4, -0.2) is 25.7 Å². The summed E-state index contributed by atoms with van der Waals surface area (Å²) in [6, 6.07) is 6.49. The minimum absolute atomic E-state index is 0.106. The number of aromatic hydroxyl groups is 1. The Balaban J connectivity index is 1.98. The molecule has 1 aromatic heterocycles. The van der Waals surface area contributed by atoms with Crippen LogP contribution in [0.5, 0.6) is 5.75 Å². The summed E-state index contributed by atoms with van der Waals surface area (Å²) in [4.78, 5) is 27.7. The number of carboxylic acids is 1. The number of benzene rings is 1. The number of phenols is 1. The first kappa shape index (κ1) is 15.8. The van der Waals surface area contributed by atoms with Crippen LogP contribution < -0.4 is 10.9 Å². The SMILES string of the molecule is CC1CCC(=CNc2ccc(O)cc2)c2ncc(C(=O)O)c(=O)n21. The first-order chi connectivity index (χ1) is 11.5. The summed E-state index contributed by atoms with van der Waals surface area (Å²) < 4.78 is 1.44. The molecule has 2 aromatic rings. The second-order valence-electron chi connectivity index (χ2n) is 5.72. The number of rotatable bonds is 3. The van der Waals surface area contributed by atoms with E-state index >= 15 is 0 Å². The van der Waals surface area contributed by atoms with Crippen LogP contribution in [-0.2, 0) is 0 Å². The van der Waals surface area contributed by atoms with E-state index in [1.54, 1.807) is 30.5 Å². The number of phenolic OH excluding ortho intramolecular Hbond substituents is 1. The maximum absolute atomic E-state index is 12.4. The Kier molecular flexibility index (Phi) is 4.07. The first-order valence-corrected chi connectivity index (χ1v) is 7.57. The van der Waals surface area contributed by atoms with Crippen molar-refractivity contribution in [3.63, 3.8) is 0 Å². The van der Waals surface area contributed by atoms with Crippen LogP contribution in [0, 0.1) is 0 Å². The number of anilines is 1. The number of nitrogens with one attached hydrogen (secondary N) is 1. The maximum atomic E-state index is 12.4. The molecular weight excluding hydrogens is 310 g/mol. The standard InChI is InChI=1S/C17H17N3O4/c1-10-2-3-11(8-18-12-4-6-13(21)7-5-12)15-19-9-14(17(23)24)16(22)20(10)15/h4-10,18,21H,2-3H2,1H3,(H,23,24). The van der Waals surface area contributed by atoms with Gasteiger partial charge in [0.05, 0.1) is 0 Å². The zero-order valence-electron chi connectivity index (χ0n) is 13.1. The molecule has 1 atom stereocenters. The molecule has 1 unspecified atom stereocenters. The highest BCUT2D eigenvalue weighted by Crippen LogP contribution is 2.29. The molecule has 7 heteroatoms. The third-order valence-electron chi connectivity index (χ3n) is 4.06. The van der Waals surface area contributed by atoms with Crippen molar-refractivity contribution < 1.29 is 15.0 Å². The lowest BCUT2D eigenvalue weighted by Crippen LogP contribution is -2.34. The zero-order chi connectivity index (χ0) is 17.3. The molecule has 7 nitrogen and oxygen atoms in total. The fraction of sp³-hybridized carbons (Fsp3) is 0.235. The van der Waals surface area contributed by atoms with Crippen molar-refractivity contribution in [2.75, 3.05) is 5.32 Å². The topological polar surface area (TPSA) is 104 Å². The third-order valence-corrected chi connectivity index (χ3v) is 4.06. The van der Waals surface area contributed by atoms with Crippen molar-refractivity contribution in [3.8, 4) is 5.75 Å². The number of aromatic carboxylic acids is 1. The Morgan fingerprint density at radius 1 is 1.38 bits per heavy atom. The van der Waals surface area contributed by atoms with Gasteiger partial charge in [-0.1, -0.05) is 0 Å². The molecule has 1 aromatic carbocycles. The summed E-state index contributed by atoms with van der Waals surface area (Å²) in [6.45, 7) is 1.88. The molecule has 3 rings (SSSR count). The van der Waals surface area contributed by atoms with Crippen LogP contribution in [0.3, 0.4) is 0 Å². The first-order valence-electron chi connectivity index (χ1n) is 7.57. The van der Waals surface area contributed by atoms with Crippen molar-refractivity contribution in [1.82, 2.24) is 9.55 Å². The third kappa shape index (κ3) is 2.88. The van der Waals surface area contributed by atoms with Crippen molar-refractivity contribution in [3.05, 3.63) is 58.4 Å². The number of nitrogens with zero attached hydrogens (tertiary/aromatic N) is 2. The number of allylic oxidation sites excluding steroid dienone is 1. The van der Waals surface area contributed by atoms with Crippen molar-refractivity contribution in [2.24, 2.45) is 0 Å². The lowest BCUT2D eigenvalue weighted by molar-refractivity contribution is 0.0693. The highest BCUT2D eigenvalue weighted by Gasteiger charge is 2.25. The number of aromatic nitrogens is 2. The predicted molar refractivity (Wildman–Crippen MR) is 89.1 cm³/mol. The second kappa shape index (κ2) is 6.19. The summed E-state index contributed by atoms with van der Waals surface area (Å²) in [7, 11) is 0. The number of carbonyl (C=O) groups is 1. The van der Waals surface area contributed by atoms with Crippen molar-refractivity contribution >= 4 is 17.2 Å². The largest absolute Gasteiger partial charge is 0.508 e. The number of hydrogen-bond donors (Lipinski definition) is 3. The summed E-state index contributed by atoms with van der Waals surface area (Å²) in [5.74, 6) is -0.609. The number of hydrogen-bond acceptors (Lipinski definition) is 5. The van der Waals surface area contributed by atoms with Gasteiger partial charge in [-0.2, -0.15) is 0 Å². The van der Waals surface area contributed by atoms with Crippen LogP contribution in [0.4, 0.5) is 5.69 Å². The van der Waals surface area contributed by atoms with Gasteiger partial charge < -0.3 is 15.5 Å². The van der Waals surface area contributed by atoms with Crippen LogP contribution in [0.2, 0.25) is 0 Å². The maximum Gasteiger partial charge on any atom is 0.342 e. The van der Waals surface area contributed by atoms with Gasteiger partial charge in [0.25, 0.3) is 5.56 Å². The van der Waals surface area contributed by atoms with E-state index in [0.717, 1.165) is 30.3 Å². The van der Waals surface area contributed by atoms with Gasteiger partial charge in [-0.25, -0.2) is 9.78 Å². The Morgan fingerprint density at radius 2 is 2.08 bits per heavy atom. The van der Waals surface area contributed by atoms with Gasteiger partial charge in [0.1, 0.15) is 17.1 Å². The van der Waals surface area contributed by atoms with Crippen molar-refractivity contribution in [2.45, 2.75) is 25.8 Å². The number of fused-ring (bicyclic) bond motifs is 1. The molecule has 124 valence electrons. The molecule has 0 spiro atoms. The summed E-state index contributed by atoms with van der Waals surface area (Å²) >= 11 is 0. The molecule has 0 aliphatic carbocycles. The minimum Gasteiger partial charge on any atom is -0.508 e. The molecule has 24 heavy (non-hydrogen) atoms. The van der Waals surface area contributed by atoms with E-state index in [1.165, 1.54) is 4.57 Å². The molecule has 0 bridgehead atoms. The van der Waals surface area contributed by atoms with Gasteiger partial charge in [-0.3, -0.25) is 9.36 Å². The summed E-state index contributed by atoms with van der Waals surface area (Å²) in [5.41, 5.74) is 0.763. The number of carboxylic acid groups (broad SMARTS) is 1. The summed E-state index contributed by atoms with van der Waals surface area (Å²) in [5, 5.41) is 21.5. The van der Waals surface area contributed by atoms with Gasteiger partial charge >= 0.3 is 5.97 Å². The lowest BCUT2D eigenvalue weighted by atomic mass is 10.0. The van der Waals surface area contributed by atoms with Crippen LogP contribution in [0.25, 0.3) is 5.57 Å². The summed E-state index contributed by atoms with van der Waals surface area (Å²) in [6.07, 6.45) is 4.33. The van der Waals surface area contributed by atoms with Gasteiger partial charge in [0, 0.05) is 29.7 Å². The molecule has 3 N–H and O–H groups in total. The van der Waals surface area contributed by atoms with E-state index in [-0.39, 0.29) is 17.4 Å². The van der Waals surface area contributed by atoms with E-state index in [4.69, 9.17) is 5.11 Å². The average Bonchev–Trinajstić information content (AvgIpc) is 2.55. The average molecular weight is 327 g/mol. The minimum atomic E-state index is -1.27. The smallest absolute Gasteiger partial charge is 0.342 e. The Morgan fingerprint density at radius 3 is 2.75 bits per heavy atom. The van der Waals surface area contributed by atoms with Crippen LogP contribution >= 0.6 is 0 Å². The monoisotopic (exact) mass is 327 g/mol. The van der Waals surface area contributed by atoms with E-state index in [1.807, 2.05) is 6.92 Å². The Hall–Kier alpha value is -3.09. The highest BCUT2D eigenvalue weighted by molar-refractivity contribution is 5.87. The molecule has 0 saturated carbocycles. The van der Waals surface area contributed by atoms with Gasteiger partial charge in [0.2, 0.25) is 0 Å². The molecule has 2 heterocycles. The molecule has 1 aliphatic heterocycles.